The van der Waals surface area contributed by atoms with Crippen LogP contribution in [0.1, 0.15) is 24.5 Å². The van der Waals surface area contributed by atoms with Crippen molar-refractivity contribution in [2.75, 3.05) is 27.9 Å². The SMILES string of the molecule is COc1ccc(CCC(C)NC(=O)NCCc2ccc(OC)c(OC)c2)cc1. The van der Waals surface area contributed by atoms with E-state index in [1.54, 1.807) is 21.3 Å². The molecule has 2 aromatic carbocycles. The Balaban J connectivity index is 1.70. The monoisotopic (exact) mass is 386 g/mol. The van der Waals surface area contributed by atoms with Crippen LogP contribution in [0, 0.1) is 0 Å². The molecule has 0 aliphatic carbocycles. The molecule has 0 saturated carbocycles. The molecular formula is C22H30N2O4. The van der Waals surface area contributed by atoms with Crippen molar-refractivity contribution in [1.29, 1.82) is 0 Å². The van der Waals surface area contributed by atoms with Gasteiger partial charge in [0.1, 0.15) is 5.75 Å². The molecule has 28 heavy (non-hydrogen) atoms. The Hall–Kier alpha value is -2.89. The van der Waals surface area contributed by atoms with Gasteiger partial charge in [0.2, 0.25) is 0 Å². The molecule has 0 heterocycles. The fourth-order valence-corrected chi connectivity index (χ4v) is 2.88. The molecule has 0 spiro atoms. The first-order chi connectivity index (χ1) is 13.5. The van der Waals surface area contributed by atoms with Gasteiger partial charge in [0.15, 0.2) is 11.5 Å². The number of carbonyl (C=O) groups excluding carboxylic acids is 1. The lowest BCUT2D eigenvalue weighted by molar-refractivity contribution is 0.237. The Morgan fingerprint density at radius 3 is 2.21 bits per heavy atom. The minimum absolute atomic E-state index is 0.0863. The van der Waals surface area contributed by atoms with Gasteiger partial charge in [0.05, 0.1) is 21.3 Å². The topological polar surface area (TPSA) is 68.8 Å². The zero-order valence-electron chi connectivity index (χ0n) is 17.1. The van der Waals surface area contributed by atoms with Gasteiger partial charge in [-0.1, -0.05) is 18.2 Å². The average Bonchev–Trinajstić information content (AvgIpc) is 2.72. The Morgan fingerprint density at radius 1 is 0.893 bits per heavy atom. The molecule has 6 heteroatoms. The second-order valence-corrected chi connectivity index (χ2v) is 6.63. The number of nitrogens with one attached hydrogen (secondary N) is 2. The van der Waals surface area contributed by atoms with E-state index < -0.39 is 0 Å². The van der Waals surface area contributed by atoms with E-state index in [0.717, 1.165) is 24.2 Å². The highest BCUT2D eigenvalue weighted by atomic mass is 16.5. The van der Waals surface area contributed by atoms with Gasteiger partial charge in [0, 0.05) is 12.6 Å². The molecule has 0 saturated heterocycles. The summed E-state index contributed by atoms with van der Waals surface area (Å²) in [5.74, 6) is 2.24. The Kier molecular flexibility index (Phi) is 8.46. The molecule has 0 radical (unpaired) electrons. The quantitative estimate of drug-likeness (QED) is 0.655. The minimum atomic E-state index is -0.150. The lowest BCUT2D eigenvalue weighted by Gasteiger charge is -2.15. The van der Waals surface area contributed by atoms with Gasteiger partial charge in [-0.15, -0.1) is 0 Å². The summed E-state index contributed by atoms with van der Waals surface area (Å²) in [6, 6.07) is 13.7. The molecule has 2 amide bonds. The largest absolute Gasteiger partial charge is 0.497 e. The molecular weight excluding hydrogens is 356 g/mol. The second-order valence-electron chi connectivity index (χ2n) is 6.63. The maximum absolute atomic E-state index is 12.1. The summed E-state index contributed by atoms with van der Waals surface area (Å²) in [7, 11) is 4.88. The number of hydrogen-bond donors (Lipinski definition) is 2. The Labute approximate surface area is 167 Å². The highest BCUT2D eigenvalue weighted by Gasteiger charge is 2.08. The first kappa shape index (κ1) is 21.4. The molecule has 1 atom stereocenters. The third-order valence-corrected chi connectivity index (χ3v) is 4.55. The van der Waals surface area contributed by atoms with Gasteiger partial charge in [-0.2, -0.15) is 0 Å². The Morgan fingerprint density at radius 2 is 1.57 bits per heavy atom. The number of rotatable bonds is 10. The van der Waals surface area contributed by atoms with E-state index in [4.69, 9.17) is 14.2 Å². The van der Waals surface area contributed by atoms with E-state index in [2.05, 4.69) is 22.8 Å². The standard InChI is InChI=1S/C22H30N2O4/c1-16(5-6-17-7-10-19(26-2)11-8-17)24-22(25)23-14-13-18-9-12-20(27-3)21(15-18)28-4/h7-12,15-16H,5-6,13-14H2,1-4H3,(H2,23,24,25). The van der Waals surface area contributed by atoms with Crippen LogP contribution in [0.3, 0.4) is 0 Å². The fraction of sp³-hybridized carbons (Fsp3) is 0.409. The maximum Gasteiger partial charge on any atom is 0.315 e. The van der Waals surface area contributed by atoms with Crippen molar-refractivity contribution in [2.45, 2.75) is 32.2 Å². The predicted molar refractivity (Wildman–Crippen MR) is 111 cm³/mol. The van der Waals surface area contributed by atoms with E-state index in [0.29, 0.717) is 24.5 Å². The number of carbonyl (C=O) groups is 1. The van der Waals surface area contributed by atoms with Gasteiger partial charge in [0.25, 0.3) is 0 Å². The average molecular weight is 386 g/mol. The first-order valence-electron chi connectivity index (χ1n) is 9.44. The van der Waals surface area contributed by atoms with Gasteiger partial charge in [-0.05, 0) is 61.6 Å². The fourth-order valence-electron chi connectivity index (χ4n) is 2.88. The van der Waals surface area contributed by atoms with Crippen LogP contribution in [0.4, 0.5) is 4.79 Å². The summed E-state index contributed by atoms with van der Waals surface area (Å²) in [4.78, 5) is 12.1. The highest BCUT2D eigenvalue weighted by Crippen LogP contribution is 2.27. The molecule has 0 bridgehead atoms. The van der Waals surface area contributed by atoms with Crippen LogP contribution in [0.15, 0.2) is 42.5 Å². The summed E-state index contributed by atoms with van der Waals surface area (Å²) >= 11 is 0. The summed E-state index contributed by atoms with van der Waals surface area (Å²) in [6.07, 6.45) is 2.49. The lowest BCUT2D eigenvalue weighted by Crippen LogP contribution is -2.41. The van der Waals surface area contributed by atoms with Crippen LogP contribution in [-0.4, -0.2) is 39.9 Å². The van der Waals surface area contributed by atoms with E-state index >= 15 is 0 Å². The zero-order chi connectivity index (χ0) is 20.4. The van der Waals surface area contributed by atoms with Crippen LogP contribution >= 0.6 is 0 Å². The number of aryl methyl sites for hydroxylation is 1. The van der Waals surface area contributed by atoms with Crippen molar-refractivity contribution in [3.63, 3.8) is 0 Å². The van der Waals surface area contributed by atoms with Gasteiger partial charge in [-0.3, -0.25) is 0 Å². The first-order valence-corrected chi connectivity index (χ1v) is 9.44. The number of benzene rings is 2. The summed E-state index contributed by atoms with van der Waals surface area (Å²) in [6.45, 7) is 2.56. The van der Waals surface area contributed by atoms with Crippen LogP contribution in [0.25, 0.3) is 0 Å². The second kappa shape index (κ2) is 11.1. The Bertz CT molecular complexity index is 747. The lowest BCUT2D eigenvalue weighted by atomic mass is 10.1. The molecule has 2 N–H and O–H groups in total. The van der Waals surface area contributed by atoms with Gasteiger partial charge in [-0.25, -0.2) is 4.79 Å². The zero-order valence-corrected chi connectivity index (χ0v) is 17.1. The summed E-state index contributed by atoms with van der Waals surface area (Å²) in [5.41, 5.74) is 2.30. The number of hydrogen-bond acceptors (Lipinski definition) is 4. The van der Waals surface area contributed by atoms with Gasteiger partial charge >= 0.3 is 6.03 Å². The van der Waals surface area contributed by atoms with Crippen molar-refractivity contribution in [3.05, 3.63) is 53.6 Å². The highest BCUT2D eigenvalue weighted by molar-refractivity contribution is 5.74. The predicted octanol–water partition coefficient (Wildman–Crippen LogP) is 3.58. The normalized spacial score (nSPS) is 11.4. The third kappa shape index (κ3) is 6.68. The molecule has 2 rings (SSSR count). The number of amides is 2. The van der Waals surface area contributed by atoms with Crippen molar-refractivity contribution < 1.29 is 19.0 Å². The molecule has 0 aliphatic heterocycles. The summed E-state index contributed by atoms with van der Waals surface area (Å²) in [5, 5.41) is 5.88. The molecule has 0 fully saturated rings. The van der Waals surface area contributed by atoms with Crippen LogP contribution in [-0.2, 0) is 12.8 Å². The summed E-state index contributed by atoms with van der Waals surface area (Å²) < 4.78 is 15.7. The van der Waals surface area contributed by atoms with E-state index in [-0.39, 0.29) is 12.1 Å². The van der Waals surface area contributed by atoms with Crippen molar-refractivity contribution in [3.8, 4) is 17.2 Å². The van der Waals surface area contributed by atoms with E-state index in [1.165, 1.54) is 5.56 Å². The number of methoxy groups -OCH3 is 3. The van der Waals surface area contributed by atoms with Crippen molar-refractivity contribution in [1.82, 2.24) is 10.6 Å². The number of ether oxygens (including phenoxy) is 3. The van der Waals surface area contributed by atoms with Crippen molar-refractivity contribution in [2.24, 2.45) is 0 Å². The van der Waals surface area contributed by atoms with E-state index in [1.807, 2.05) is 37.3 Å². The van der Waals surface area contributed by atoms with E-state index in [9.17, 15) is 4.79 Å². The molecule has 152 valence electrons. The molecule has 0 aromatic heterocycles. The molecule has 0 aliphatic rings. The van der Waals surface area contributed by atoms with Gasteiger partial charge < -0.3 is 24.8 Å². The number of urea groups is 1. The van der Waals surface area contributed by atoms with Crippen LogP contribution in [0.2, 0.25) is 0 Å². The molecule has 2 aromatic rings. The molecule has 1 unspecified atom stereocenters. The smallest absolute Gasteiger partial charge is 0.315 e. The van der Waals surface area contributed by atoms with Crippen LogP contribution < -0.4 is 24.8 Å². The van der Waals surface area contributed by atoms with Crippen molar-refractivity contribution >= 4 is 6.03 Å². The third-order valence-electron chi connectivity index (χ3n) is 4.55. The molecule has 6 nitrogen and oxygen atoms in total. The van der Waals surface area contributed by atoms with Crippen LogP contribution in [0.5, 0.6) is 17.2 Å². The maximum atomic E-state index is 12.1. The minimum Gasteiger partial charge on any atom is -0.497 e.